The predicted octanol–water partition coefficient (Wildman–Crippen LogP) is 2.01. The molecule has 5 nitrogen and oxygen atoms in total. The van der Waals surface area contributed by atoms with E-state index in [1.54, 1.807) is 6.92 Å². The van der Waals surface area contributed by atoms with Crippen molar-refractivity contribution >= 4 is 11.6 Å². The van der Waals surface area contributed by atoms with Crippen LogP contribution in [0.25, 0.3) is 0 Å². The molecule has 0 saturated carbocycles. The van der Waals surface area contributed by atoms with Crippen LogP contribution in [0.1, 0.15) is 33.6 Å². The van der Waals surface area contributed by atoms with Crippen molar-refractivity contribution in [2.45, 2.75) is 20.3 Å². The zero-order valence-corrected chi connectivity index (χ0v) is 12.0. The first-order chi connectivity index (χ1) is 10.1. The number of hydrogen-bond acceptors (Lipinski definition) is 3. The molecule has 0 fully saturated rings. The Kier molecular flexibility index (Phi) is 4.75. The summed E-state index contributed by atoms with van der Waals surface area (Å²) in [6.45, 7) is 3.77. The molecule has 108 valence electrons. The monoisotopic (exact) mass is 283 g/mol. The third kappa shape index (κ3) is 3.71. The summed E-state index contributed by atoms with van der Waals surface area (Å²) in [7, 11) is 0. The summed E-state index contributed by atoms with van der Waals surface area (Å²) in [6, 6.07) is 5.57. The lowest BCUT2D eigenvalue weighted by Gasteiger charge is -2.08. The first kappa shape index (κ1) is 14.8. The van der Waals surface area contributed by atoms with Crippen molar-refractivity contribution in [3.05, 3.63) is 46.8 Å². The molecule has 0 bridgehead atoms. The molecule has 2 rings (SSSR count). The van der Waals surface area contributed by atoms with Gasteiger partial charge in [0, 0.05) is 23.4 Å². The lowest BCUT2D eigenvalue weighted by molar-refractivity contribution is 0.102. The second-order valence-corrected chi connectivity index (χ2v) is 4.67. The number of aromatic amines is 1. The molecule has 2 aromatic rings. The van der Waals surface area contributed by atoms with E-state index in [0.29, 0.717) is 12.0 Å². The number of rotatable bonds is 3. The highest BCUT2D eigenvalue weighted by Gasteiger charge is 2.11. The van der Waals surface area contributed by atoms with Gasteiger partial charge in [0.05, 0.1) is 18.4 Å². The first-order valence-corrected chi connectivity index (χ1v) is 6.63. The van der Waals surface area contributed by atoms with Gasteiger partial charge >= 0.3 is 0 Å². The number of carbonyl (C=O) groups is 1. The zero-order valence-electron chi connectivity index (χ0n) is 12.0. The molecule has 0 unspecified atom stereocenters. The molecule has 0 atom stereocenters. The molecule has 0 radical (unpaired) electrons. The number of aromatic nitrogens is 2. The van der Waals surface area contributed by atoms with Crippen LogP contribution in [0.15, 0.2) is 24.4 Å². The average Bonchev–Trinajstić information content (AvgIpc) is 2.88. The van der Waals surface area contributed by atoms with Gasteiger partial charge < -0.3 is 10.4 Å². The van der Waals surface area contributed by atoms with Gasteiger partial charge in [-0.05, 0) is 37.6 Å². The van der Waals surface area contributed by atoms with Gasteiger partial charge in [0.2, 0.25) is 0 Å². The SMILES string of the molecule is Cc1cc(C#CCCO)ccc1NC(=O)c1cn[nH]c1C. The van der Waals surface area contributed by atoms with E-state index >= 15 is 0 Å². The maximum atomic E-state index is 12.1. The van der Waals surface area contributed by atoms with Crippen molar-refractivity contribution in [3.8, 4) is 11.8 Å². The normalized spacial score (nSPS) is 9.86. The van der Waals surface area contributed by atoms with Crippen LogP contribution in [-0.2, 0) is 0 Å². The second-order valence-electron chi connectivity index (χ2n) is 4.67. The number of benzene rings is 1. The molecule has 0 saturated heterocycles. The Morgan fingerprint density at radius 2 is 2.24 bits per heavy atom. The highest BCUT2D eigenvalue weighted by molar-refractivity contribution is 6.05. The van der Waals surface area contributed by atoms with Crippen LogP contribution in [0.2, 0.25) is 0 Å². The third-order valence-corrected chi connectivity index (χ3v) is 3.02. The van der Waals surface area contributed by atoms with Crippen LogP contribution in [0.4, 0.5) is 5.69 Å². The van der Waals surface area contributed by atoms with E-state index in [0.717, 1.165) is 22.5 Å². The highest BCUT2D eigenvalue weighted by atomic mass is 16.2. The molecule has 5 heteroatoms. The summed E-state index contributed by atoms with van der Waals surface area (Å²) in [6.07, 6.45) is 1.96. The largest absolute Gasteiger partial charge is 0.395 e. The van der Waals surface area contributed by atoms with E-state index in [4.69, 9.17) is 5.11 Å². The minimum Gasteiger partial charge on any atom is -0.395 e. The summed E-state index contributed by atoms with van der Waals surface area (Å²) < 4.78 is 0. The lowest BCUT2D eigenvalue weighted by atomic mass is 10.1. The Hall–Kier alpha value is -2.58. The molecule has 3 N–H and O–H groups in total. The number of H-pyrrole nitrogens is 1. The quantitative estimate of drug-likeness (QED) is 0.754. The number of hydrogen-bond donors (Lipinski definition) is 3. The Balaban J connectivity index is 2.13. The van der Waals surface area contributed by atoms with Crippen molar-refractivity contribution < 1.29 is 9.90 Å². The van der Waals surface area contributed by atoms with E-state index in [-0.39, 0.29) is 12.5 Å². The van der Waals surface area contributed by atoms with Crippen LogP contribution in [0, 0.1) is 25.7 Å². The van der Waals surface area contributed by atoms with Crippen molar-refractivity contribution in [1.29, 1.82) is 0 Å². The van der Waals surface area contributed by atoms with Gasteiger partial charge in [-0.3, -0.25) is 9.89 Å². The number of anilines is 1. The maximum Gasteiger partial charge on any atom is 0.259 e. The summed E-state index contributed by atoms with van der Waals surface area (Å²) in [5.41, 5.74) is 3.80. The van der Waals surface area contributed by atoms with Crippen molar-refractivity contribution in [2.75, 3.05) is 11.9 Å². The molecule has 1 heterocycles. The third-order valence-electron chi connectivity index (χ3n) is 3.02. The van der Waals surface area contributed by atoms with Crippen molar-refractivity contribution in [2.24, 2.45) is 0 Å². The number of aryl methyl sites for hydroxylation is 2. The molecular weight excluding hydrogens is 266 g/mol. The van der Waals surface area contributed by atoms with Crippen LogP contribution in [-0.4, -0.2) is 27.8 Å². The van der Waals surface area contributed by atoms with Crippen molar-refractivity contribution in [3.63, 3.8) is 0 Å². The summed E-state index contributed by atoms with van der Waals surface area (Å²) >= 11 is 0. The second kappa shape index (κ2) is 6.73. The van der Waals surface area contributed by atoms with Gasteiger partial charge in [-0.15, -0.1) is 0 Å². The molecule has 0 aliphatic heterocycles. The molecule has 21 heavy (non-hydrogen) atoms. The van der Waals surface area contributed by atoms with Gasteiger partial charge in [-0.2, -0.15) is 5.10 Å². The Labute approximate surface area is 123 Å². The molecule has 0 aliphatic carbocycles. The van der Waals surface area contributed by atoms with Gasteiger partial charge in [0.15, 0.2) is 0 Å². The summed E-state index contributed by atoms with van der Waals surface area (Å²) in [5.74, 6) is 5.64. The fourth-order valence-corrected chi connectivity index (χ4v) is 1.87. The summed E-state index contributed by atoms with van der Waals surface area (Å²) in [5, 5.41) is 18.1. The minimum absolute atomic E-state index is 0.0597. The van der Waals surface area contributed by atoms with Gasteiger partial charge in [0.1, 0.15) is 0 Å². The molecule has 1 aromatic heterocycles. The molecule has 1 aromatic carbocycles. The Bertz CT molecular complexity index is 708. The highest BCUT2D eigenvalue weighted by Crippen LogP contribution is 2.17. The lowest BCUT2D eigenvalue weighted by Crippen LogP contribution is -2.13. The van der Waals surface area contributed by atoms with Crippen LogP contribution in [0.3, 0.4) is 0 Å². The van der Waals surface area contributed by atoms with Crippen LogP contribution >= 0.6 is 0 Å². The van der Waals surface area contributed by atoms with Crippen LogP contribution in [0.5, 0.6) is 0 Å². The maximum absolute atomic E-state index is 12.1. The van der Waals surface area contributed by atoms with E-state index in [9.17, 15) is 4.79 Å². The van der Waals surface area contributed by atoms with E-state index < -0.39 is 0 Å². The number of carbonyl (C=O) groups excluding carboxylic acids is 1. The predicted molar refractivity (Wildman–Crippen MR) is 81.0 cm³/mol. The number of nitrogens with zero attached hydrogens (tertiary/aromatic N) is 1. The number of aliphatic hydroxyl groups excluding tert-OH is 1. The standard InChI is InChI=1S/C16H17N3O2/c1-11-9-13(5-3-4-8-20)6-7-15(11)18-16(21)14-10-17-19-12(14)2/h6-7,9-10,20H,4,8H2,1-2H3,(H,17,19)(H,18,21). The topological polar surface area (TPSA) is 78.0 Å². The van der Waals surface area contributed by atoms with E-state index in [1.807, 2.05) is 25.1 Å². The minimum atomic E-state index is -0.191. The van der Waals surface area contributed by atoms with E-state index in [2.05, 4.69) is 27.4 Å². The Morgan fingerprint density at radius 1 is 1.43 bits per heavy atom. The molecule has 0 spiro atoms. The van der Waals surface area contributed by atoms with Gasteiger partial charge in [0.25, 0.3) is 5.91 Å². The molecule has 1 amide bonds. The number of nitrogens with one attached hydrogen (secondary N) is 2. The first-order valence-electron chi connectivity index (χ1n) is 6.63. The Morgan fingerprint density at radius 3 is 2.86 bits per heavy atom. The van der Waals surface area contributed by atoms with E-state index in [1.165, 1.54) is 6.20 Å². The fourth-order valence-electron chi connectivity index (χ4n) is 1.87. The number of amides is 1. The molecular formula is C16H17N3O2. The average molecular weight is 283 g/mol. The smallest absolute Gasteiger partial charge is 0.259 e. The van der Waals surface area contributed by atoms with Crippen LogP contribution < -0.4 is 5.32 Å². The zero-order chi connectivity index (χ0) is 15.2. The van der Waals surface area contributed by atoms with Gasteiger partial charge in [-0.1, -0.05) is 11.8 Å². The number of aliphatic hydroxyl groups is 1. The van der Waals surface area contributed by atoms with Gasteiger partial charge in [-0.25, -0.2) is 0 Å². The van der Waals surface area contributed by atoms with Crippen molar-refractivity contribution in [1.82, 2.24) is 10.2 Å². The molecule has 0 aliphatic rings. The summed E-state index contributed by atoms with van der Waals surface area (Å²) in [4.78, 5) is 12.1. The fraction of sp³-hybridized carbons (Fsp3) is 0.250.